The summed E-state index contributed by atoms with van der Waals surface area (Å²) in [5.41, 5.74) is 2.42. The molecule has 0 aromatic heterocycles. The van der Waals surface area contributed by atoms with Gasteiger partial charge in [-0.1, -0.05) is 54.1 Å². The van der Waals surface area contributed by atoms with Crippen molar-refractivity contribution in [2.45, 2.75) is 25.5 Å². The van der Waals surface area contributed by atoms with Gasteiger partial charge in [-0.3, -0.25) is 4.79 Å². The van der Waals surface area contributed by atoms with Crippen LogP contribution in [-0.4, -0.2) is 55.0 Å². The minimum atomic E-state index is 0.194. The van der Waals surface area contributed by atoms with E-state index in [-0.39, 0.29) is 11.3 Å². The summed E-state index contributed by atoms with van der Waals surface area (Å²) in [5, 5.41) is 0.682. The molecule has 1 amide bonds. The van der Waals surface area contributed by atoms with Crippen LogP contribution >= 0.6 is 11.6 Å². The molecule has 0 aliphatic carbocycles. The molecule has 4 rings (SSSR count). The lowest BCUT2D eigenvalue weighted by molar-refractivity contribution is -0.141. The van der Waals surface area contributed by atoms with Gasteiger partial charge in [0.25, 0.3) is 0 Å². The molecule has 2 aliphatic heterocycles. The van der Waals surface area contributed by atoms with Crippen molar-refractivity contribution in [1.82, 2.24) is 9.80 Å². The number of hydrogen-bond donors (Lipinski definition) is 0. The largest absolute Gasteiger partial charge is 0.375 e. The maximum atomic E-state index is 12.6. The zero-order valence-corrected chi connectivity index (χ0v) is 17.1. The Bertz CT molecular complexity index is 820. The van der Waals surface area contributed by atoms with E-state index in [9.17, 15) is 4.79 Å². The number of hydrogen-bond acceptors (Lipinski definition) is 3. The van der Waals surface area contributed by atoms with Crippen molar-refractivity contribution in [3.05, 3.63) is 70.7 Å². The highest BCUT2D eigenvalue weighted by Crippen LogP contribution is 2.42. The quantitative estimate of drug-likeness (QED) is 0.744. The van der Waals surface area contributed by atoms with E-state index >= 15 is 0 Å². The fourth-order valence-electron chi connectivity index (χ4n) is 4.55. The number of likely N-dealkylation sites (N-methyl/N-ethyl adjacent to an activating group) is 1. The summed E-state index contributed by atoms with van der Waals surface area (Å²) in [6, 6.07) is 18.3. The summed E-state index contributed by atoms with van der Waals surface area (Å²) in [5.74, 6) is 0.194. The number of ether oxygens (including phenoxy) is 1. The molecule has 1 spiro atoms. The first-order valence-electron chi connectivity index (χ1n) is 9.87. The predicted octanol–water partition coefficient (Wildman–Crippen LogP) is 3.63. The number of amides is 1. The van der Waals surface area contributed by atoms with Gasteiger partial charge in [0.2, 0.25) is 5.91 Å². The SMILES string of the molecule is CN1CC2(CC1COCc1ccccc1)CN(C(=O)Cc1cccc(Cl)c1)C2. The van der Waals surface area contributed by atoms with Gasteiger partial charge >= 0.3 is 0 Å². The van der Waals surface area contributed by atoms with E-state index in [0.29, 0.717) is 24.1 Å². The molecule has 0 saturated carbocycles. The molecule has 2 aromatic carbocycles. The Morgan fingerprint density at radius 2 is 1.86 bits per heavy atom. The second kappa shape index (κ2) is 8.24. The lowest BCUT2D eigenvalue weighted by Gasteiger charge is -2.48. The summed E-state index contributed by atoms with van der Waals surface area (Å²) in [7, 11) is 2.17. The average molecular weight is 399 g/mol. The molecule has 4 nitrogen and oxygen atoms in total. The molecule has 2 aromatic rings. The van der Waals surface area contributed by atoms with E-state index in [1.165, 1.54) is 5.56 Å². The Kier molecular flexibility index (Phi) is 5.72. The van der Waals surface area contributed by atoms with Crippen LogP contribution in [0.25, 0.3) is 0 Å². The molecule has 148 valence electrons. The fourth-order valence-corrected chi connectivity index (χ4v) is 4.77. The first-order valence-corrected chi connectivity index (χ1v) is 10.2. The smallest absolute Gasteiger partial charge is 0.227 e. The minimum absolute atomic E-state index is 0.194. The summed E-state index contributed by atoms with van der Waals surface area (Å²) in [6.07, 6.45) is 1.52. The molecule has 2 heterocycles. The number of carbonyl (C=O) groups is 1. The third-order valence-corrected chi connectivity index (χ3v) is 6.18. The van der Waals surface area contributed by atoms with Crippen LogP contribution in [0.1, 0.15) is 17.5 Å². The fraction of sp³-hybridized carbons (Fsp3) is 0.435. The van der Waals surface area contributed by atoms with Crippen LogP contribution in [0.5, 0.6) is 0 Å². The van der Waals surface area contributed by atoms with Crippen LogP contribution in [0.2, 0.25) is 5.02 Å². The Balaban J connectivity index is 1.24. The monoisotopic (exact) mass is 398 g/mol. The van der Waals surface area contributed by atoms with Crippen molar-refractivity contribution in [2.24, 2.45) is 5.41 Å². The number of carbonyl (C=O) groups excluding carboxylic acids is 1. The van der Waals surface area contributed by atoms with Gasteiger partial charge in [-0.2, -0.15) is 0 Å². The van der Waals surface area contributed by atoms with Crippen LogP contribution in [0.4, 0.5) is 0 Å². The molecule has 28 heavy (non-hydrogen) atoms. The van der Waals surface area contributed by atoms with Crippen molar-refractivity contribution >= 4 is 17.5 Å². The van der Waals surface area contributed by atoms with E-state index in [1.807, 2.05) is 47.4 Å². The first-order chi connectivity index (χ1) is 13.5. The average Bonchev–Trinajstić information content (AvgIpc) is 2.98. The topological polar surface area (TPSA) is 32.8 Å². The minimum Gasteiger partial charge on any atom is -0.375 e. The summed E-state index contributed by atoms with van der Waals surface area (Å²) < 4.78 is 5.97. The second-order valence-electron chi connectivity index (χ2n) is 8.33. The zero-order valence-electron chi connectivity index (χ0n) is 16.3. The van der Waals surface area contributed by atoms with Crippen molar-refractivity contribution in [1.29, 1.82) is 0 Å². The summed E-state index contributed by atoms with van der Waals surface area (Å²) in [4.78, 5) is 17.0. The van der Waals surface area contributed by atoms with Crippen molar-refractivity contribution in [3.63, 3.8) is 0 Å². The van der Waals surface area contributed by atoms with Crippen LogP contribution in [0, 0.1) is 5.41 Å². The van der Waals surface area contributed by atoms with E-state index in [4.69, 9.17) is 16.3 Å². The number of rotatable bonds is 6. The van der Waals surface area contributed by atoms with E-state index in [0.717, 1.165) is 38.2 Å². The lowest BCUT2D eigenvalue weighted by Crippen LogP contribution is -2.59. The predicted molar refractivity (Wildman–Crippen MR) is 111 cm³/mol. The highest BCUT2D eigenvalue weighted by Gasteiger charge is 2.51. The van der Waals surface area contributed by atoms with Gasteiger partial charge in [-0.25, -0.2) is 0 Å². The third-order valence-electron chi connectivity index (χ3n) is 5.95. The molecule has 0 N–H and O–H groups in total. The Hall–Kier alpha value is -1.88. The molecule has 1 atom stereocenters. The van der Waals surface area contributed by atoms with Crippen LogP contribution < -0.4 is 0 Å². The summed E-state index contributed by atoms with van der Waals surface area (Å²) in [6.45, 7) is 4.14. The van der Waals surface area contributed by atoms with Gasteiger partial charge in [-0.15, -0.1) is 0 Å². The number of likely N-dealkylation sites (tertiary alicyclic amines) is 2. The maximum absolute atomic E-state index is 12.6. The van der Waals surface area contributed by atoms with Crippen LogP contribution in [-0.2, 0) is 22.6 Å². The zero-order chi connectivity index (χ0) is 19.6. The molecule has 5 heteroatoms. The highest BCUT2D eigenvalue weighted by molar-refractivity contribution is 6.30. The van der Waals surface area contributed by atoms with Gasteiger partial charge in [0.05, 0.1) is 19.6 Å². The van der Waals surface area contributed by atoms with Gasteiger partial charge < -0.3 is 14.5 Å². The molecule has 0 radical (unpaired) electrons. The molecule has 2 aliphatic rings. The van der Waals surface area contributed by atoms with E-state index in [1.54, 1.807) is 0 Å². The van der Waals surface area contributed by atoms with E-state index < -0.39 is 0 Å². The molecule has 0 bridgehead atoms. The maximum Gasteiger partial charge on any atom is 0.227 e. The third kappa shape index (κ3) is 4.40. The Morgan fingerprint density at radius 3 is 2.61 bits per heavy atom. The van der Waals surface area contributed by atoms with E-state index in [2.05, 4.69) is 24.1 Å². The Labute approximate surface area is 172 Å². The van der Waals surface area contributed by atoms with Crippen molar-refractivity contribution in [2.75, 3.05) is 33.3 Å². The number of halogens is 1. The lowest BCUT2D eigenvalue weighted by atomic mass is 9.77. The molecule has 1 unspecified atom stereocenters. The highest BCUT2D eigenvalue weighted by atomic mass is 35.5. The van der Waals surface area contributed by atoms with Crippen LogP contribution in [0.15, 0.2) is 54.6 Å². The normalized spacial score (nSPS) is 21.1. The number of benzene rings is 2. The molecular formula is C23H27ClN2O2. The molecular weight excluding hydrogens is 372 g/mol. The molecule has 2 saturated heterocycles. The standard InChI is InChI=1S/C23H27ClN2O2/c1-25-15-23(12-21(25)14-28-13-18-6-3-2-4-7-18)16-26(17-23)22(27)11-19-8-5-9-20(24)10-19/h2-10,21H,11-17H2,1H3. The first kappa shape index (κ1) is 19.4. The molecule has 2 fully saturated rings. The van der Waals surface area contributed by atoms with Gasteiger partial charge in [0.15, 0.2) is 0 Å². The van der Waals surface area contributed by atoms with Gasteiger partial charge in [0.1, 0.15) is 0 Å². The Morgan fingerprint density at radius 1 is 1.11 bits per heavy atom. The van der Waals surface area contributed by atoms with Gasteiger partial charge in [0, 0.05) is 36.1 Å². The van der Waals surface area contributed by atoms with Crippen LogP contribution in [0.3, 0.4) is 0 Å². The van der Waals surface area contributed by atoms with Gasteiger partial charge in [-0.05, 0) is 36.7 Å². The summed E-state index contributed by atoms with van der Waals surface area (Å²) >= 11 is 6.02. The van der Waals surface area contributed by atoms with Crippen molar-refractivity contribution in [3.8, 4) is 0 Å². The second-order valence-corrected chi connectivity index (χ2v) is 8.77. The van der Waals surface area contributed by atoms with Crippen molar-refractivity contribution < 1.29 is 9.53 Å². The number of nitrogens with zero attached hydrogens (tertiary/aromatic N) is 2.